The van der Waals surface area contributed by atoms with Gasteiger partial charge in [-0.25, -0.2) is 0 Å². The third kappa shape index (κ3) is 9.75. The van der Waals surface area contributed by atoms with E-state index in [2.05, 4.69) is 22.5 Å². The molecule has 1 rings (SSSR count). The van der Waals surface area contributed by atoms with E-state index in [0.29, 0.717) is 19.1 Å². The van der Waals surface area contributed by atoms with Gasteiger partial charge in [0.1, 0.15) is 0 Å². The molecule has 3 N–H and O–H groups in total. The topological polar surface area (TPSA) is 83.0 Å². The predicted octanol–water partition coefficient (Wildman–Crippen LogP) is 2.36. The van der Waals surface area contributed by atoms with Crippen LogP contribution in [0.25, 0.3) is 0 Å². The summed E-state index contributed by atoms with van der Waals surface area (Å²) in [5, 5.41) is 16.3. The van der Waals surface area contributed by atoms with Crippen molar-refractivity contribution >= 4 is 11.9 Å². The van der Waals surface area contributed by atoms with Crippen molar-refractivity contribution in [3.05, 3.63) is 0 Å². The maximum Gasteiger partial charge on any atom is 0.305 e. The van der Waals surface area contributed by atoms with Gasteiger partial charge in [-0.05, 0) is 52.4 Å². The number of carbonyl (C=O) groups excluding carboxylic acids is 1. The SMILES string of the molecule is CCNC(=NCCCCCCC(=O)OCC)NC1CCC(O)CC1. The second-order valence-corrected chi connectivity index (χ2v) is 6.38. The smallest absolute Gasteiger partial charge is 0.305 e. The summed E-state index contributed by atoms with van der Waals surface area (Å²) < 4.78 is 4.91. The van der Waals surface area contributed by atoms with Crippen LogP contribution in [0.4, 0.5) is 0 Å². The van der Waals surface area contributed by atoms with Crippen LogP contribution in [0.5, 0.6) is 0 Å². The second kappa shape index (κ2) is 13.0. The van der Waals surface area contributed by atoms with Crippen LogP contribution in [0.1, 0.15) is 71.6 Å². The van der Waals surface area contributed by atoms with Crippen LogP contribution in [0, 0.1) is 0 Å². The Hall–Kier alpha value is -1.30. The monoisotopic (exact) mass is 341 g/mol. The number of unbranched alkanes of at least 4 members (excludes halogenated alkanes) is 3. The Labute approximate surface area is 146 Å². The summed E-state index contributed by atoms with van der Waals surface area (Å²) in [7, 11) is 0. The quantitative estimate of drug-likeness (QED) is 0.246. The summed E-state index contributed by atoms with van der Waals surface area (Å²) in [5.74, 6) is 0.789. The highest BCUT2D eigenvalue weighted by Gasteiger charge is 2.19. The van der Waals surface area contributed by atoms with E-state index >= 15 is 0 Å². The molecule has 0 radical (unpaired) electrons. The zero-order chi connectivity index (χ0) is 17.6. The molecule has 0 unspecified atom stereocenters. The number of aliphatic hydroxyl groups is 1. The maximum absolute atomic E-state index is 11.2. The zero-order valence-electron chi connectivity index (χ0n) is 15.4. The Balaban J connectivity index is 2.15. The van der Waals surface area contributed by atoms with Gasteiger partial charge in [-0.1, -0.05) is 12.8 Å². The van der Waals surface area contributed by atoms with Crippen LogP contribution in [0.2, 0.25) is 0 Å². The van der Waals surface area contributed by atoms with Gasteiger partial charge in [0, 0.05) is 25.6 Å². The van der Waals surface area contributed by atoms with E-state index < -0.39 is 0 Å². The van der Waals surface area contributed by atoms with Crippen molar-refractivity contribution in [2.45, 2.75) is 83.8 Å². The fourth-order valence-electron chi connectivity index (χ4n) is 2.89. The largest absolute Gasteiger partial charge is 0.466 e. The number of aliphatic imine (C=N–C) groups is 1. The summed E-state index contributed by atoms with van der Waals surface area (Å²) in [6.07, 6.45) is 8.19. The number of aliphatic hydroxyl groups excluding tert-OH is 1. The van der Waals surface area contributed by atoms with E-state index in [1.54, 1.807) is 0 Å². The molecule has 24 heavy (non-hydrogen) atoms. The lowest BCUT2D eigenvalue weighted by Gasteiger charge is -2.27. The molecule has 0 aromatic carbocycles. The van der Waals surface area contributed by atoms with E-state index in [-0.39, 0.29) is 12.1 Å². The molecule has 1 aliphatic carbocycles. The molecule has 0 aromatic rings. The molecule has 0 heterocycles. The molecule has 0 aromatic heterocycles. The van der Waals surface area contributed by atoms with Crippen LogP contribution >= 0.6 is 0 Å². The highest BCUT2D eigenvalue weighted by atomic mass is 16.5. The number of rotatable bonds is 10. The van der Waals surface area contributed by atoms with Gasteiger partial charge in [-0.15, -0.1) is 0 Å². The van der Waals surface area contributed by atoms with E-state index in [1.807, 2.05) is 6.92 Å². The van der Waals surface area contributed by atoms with E-state index in [0.717, 1.165) is 70.4 Å². The van der Waals surface area contributed by atoms with E-state index in [4.69, 9.17) is 4.74 Å². The summed E-state index contributed by atoms with van der Waals surface area (Å²) in [6, 6.07) is 0.413. The first-order valence-electron chi connectivity index (χ1n) is 9.54. The minimum atomic E-state index is -0.128. The molecule has 0 spiro atoms. The first kappa shape index (κ1) is 20.7. The van der Waals surface area contributed by atoms with Gasteiger partial charge in [-0.2, -0.15) is 0 Å². The lowest BCUT2D eigenvalue weighted by atomic mass is 9.93. The molecule has 1 saturated carbocycles. The molecule has 0 saturated heterocycles. The van der Waals surface area contributed by atoms with E-state index in [9.17, 15) is 9.90 Å². The molecular formula is C18H35N3O3. The van der Waals surface area contributed by atoms with Gasteiger partial charge < -0.3 is 20.5 Å². The van der Waals surface area contributed by atoms with Crippen molar-refractivity contribution in [1.82, 2.24) is 10.6 Å². The van der Waals surface area contributed by atoms with Gasteiger partial charge in [-0.3, -0.25) is 9.79 Å². The zero-order valence-corrected chi connectivity index (χ0v) is 15.4. The molecule has 0 aliphatic heterocycles. The van der Waals surface area contributed by atoms with Crippen LogP contribution in [-0.2, 0) is 9.53 Å². The number of nitrogens with one attached hydrogen (secondary N) is 2. The Bertz CT molecular complexity index is 367. The number of hydrogen-bond acceptors (Lipinski definition) is 4. The molecule has 0 bridgehead atoms. The molecule has 1 fully saturated rings. The fraction of sp³-hybridized carbons (Fsp3) is 0.889. The van der Waals surface area contributed by atoms with Gasteiger partial charge in [0.15, 0.2) is 5.96 Å². The third-order valence-electron chi connectivity index (χ3n) is 4.25. The van der Waals surface area contributed by atoms with Crippen molar-refractivity contribution < 1.29 is 14.6 Å². The Morgan fingerprint density at radius 3 is 2.50 bits per heavy atom. The molecule has 6 nitrogen and oxygen atoms in total. The van der Waals surface area contributed by atoms with Crippen molar-refractivity contribution in [1.29, 1.82) is 0 Å². The summed E-state index contributed by atoms with van der Waals surface area (Å²) in [5.41, 5.74) is 0. The number of esters is 1. The maximum atomic E-state index is 11.2. The standard InChI is InChI=1S/C18H35N3O3/c1-3-19-18(21-15-10-12-16(22)13-11-15)20-14-8-6-5-7-9-17(23)24-4-2/h15-16,22H,3-14H2,1-2H3,(H2,19,20,21). The fourth-order valence-corrected chi connectivity index (χ4v) is 2.89. The van der Waals surface area contributed by atoms with Gasteiger partial charge in [0.2, 0.25) is 0 Å². The van der Waals surface area contributed by atoms with E-state index in [1.165, 1.54) is 0 Å². The Morgan fingerprint density at radius 2 is 1.83 bits per heavy atom. The highest BCUT2D eigenvalue weighted by Crippen LogP contribution is 2.18. The molecule has 0 amide bonds. The van der Waals surface area contributed by atoms with Crippen molar-refractivity contribution in [2.24, 2.45) is 4.99 Å². The lowest BCUT2D eigenvalue weighted by Crippen LogP contribution is -2.45. The number of hydrogen-bond donors (Lipinski definition) is 3. The minimum Gasteiger partial charge on any atom is -0.466 e. The minimum absolute atomic E-state index is 0.0910. The van der Waals surface area contributed by atoms with Gasteiger partial charge >= 0.3 is 5.97 Å². The van der Waals surface area contributed by atoms with Crippen LogP contribution in [0.15, 0.2) is 4.99 Å². The third-order valence-corrected chi connectivity index (χ3v) is 4.25. The normalized spacial score (nSPS) is 21.4. The molecule has 140 valence electrons. The summed E-state index contributed by atoms with van der Waals surface area (Å²) >= 11 is 0. The average Bonchev–Trinajstić information content (AvgIpc) is 2.56. The second-order valence-electron chi connectivity index (χ2n) is 6.38. The average molecular weight is 341 g/mol. The van der Waals surface area contributed by atoms with Gasteiger partial charge in [0.25, 0.3) is 0 Å². The number of guanidine groups is 1. The van der Waals surface area contributed by atoms with Crippen LogP contribution in [0.3, 0.4) is 0 Å². The van der Waals surface area contributed by atoms with Gasteiger partial charge in [0.05, 0.1) is 12.7 Å². The van der Waals surface area contributed by atoms with Crippen LogP contribution in [-0.4, -0.2) is 48.9 Å². The number of carbonyl (C=O) groups is 1. The molecular weight excluding hydrogens is 306 g/mol. The molecule has 1 aliphatic rings. The van der Waals surface area contributed by atoms with Crippen molar-refractivity contribution in [3.8, 4) is 0 Å². The summed E-state index contributed by atoms with van der Waals surface area (Å²) in [4.78, 5) is 15.9. The first-order valence-corrected chi connectivity index (χ1v) is 9.54. The number of ether oxygens (including phenoxy) is 1. The number of nitrogens with zero attached hydrogens (tertiary/aromatic N) is 1. The predicted molar refractivity (Wildman–Crippen MR) is 97.1 cm³/mol. The van der Waals surface area contributed by atoms with Crippen molar-refractivity contribution in [2.75, 3.05) is 19.7 Å². The van der Waals surface area contributed by atoms with Crippen LogP contribution < -0.4 is 10.6 Å². The Morgan fingerprint density at radius 1 is 1.12 bits per heavy atom. The highest BCUT2D eigenvalue weighted by molar-refractivity contribution is 5.80. The van der Waals surface area contributed by atoms with Crippen molar-refractivity contribution in [3.63, 3.8) is 0 Å². The Kier molecular flexibility index (Phi) is 11.3. The first-order chi connectivity index (χ1) is 11.7. The summed E-state index contributed by atoms with van der Waals surface area (Å²) in [6.45, 7) is 6.01. The lowest BCUT2D eigenvalue weighted by molar-refractivity contribution is -0.143. The molecule has 6 heteroatoms. The molecule has 0 atom stereocenters.